The van der Waals surface area contributed by atoms with Crippen LogP contribution in [0.5, 0.6) is 0 Å². The molecule has 5 nitrogen and oxygen atoms in total. The lowest BCUT2D eigenvalue weighted by atomic mass is 10.0. The first-order chi connectivity index (χ1) is 10.8. The van der Waals surface area contributed by atoms with Crippen LogP contribution in [0.1, 0.15) is 5.56 Å². The van der Waals surface area contributed by atoms with Gasteiger partial charge in [-0.25, -0.2) is 0 Å². The number of carbonyl (C=O) groups is 1. The van der Waals surface area contributed by atoms with E-state index in [1.807, 2.05) is 33.3 Å². The second-order valence-electron chi connectivity index (χ2n) is 6.46. The number of hydrogen-bond donors (Lipinski definition) is 1. The summed E-state index contributed by atoms with van der Waals surface area (Å²) in [6.45, 7) is 0. The van der Waals surface area contributed by atoms with E-state index in [4.69, 9.17) is 9.52 Å². The lowest BCUT2D eigenvalue weighted by Crippen LogP contribution is -2.35. The van der Waals surface area contributed by atoms with Crippen LogP contribution in [0.25, 0.3) is 21.9 Å². The van der Waals surface area contributed by atoms with Crippen molar-refractivity contribution in [2.75, 3.05) is 21.1 Å². The number of fused-ring (bicyclic) bond motifs is 2. The van der Waals surface area contributed by atoms with Gasteiger partial charge in [-0.3, -0.25) is 14.1 Å². The number of aliphatic carboxylic acids is 1. The molecular formula is C18H18NO4+. The Morgan fingerprint density at radius 3 is 2.48 bits per heavy atom. The summed E-state index contributed by atoms with van der Waals surface area (Å²) in [6.07, 6.45) is -0.180. The molecule has 0 spiro atoms. The first-order valence-corrected chi connectivity index (χ1v) is 7.30. The Labute approximate surface area is 133 Å². The van der Waals surface area contributed by atoms with Crippen molar-refractivity contribution >= 4 is 33.6 Å². The Balaban J connectivity index is 2.45. The van der Waals surface area contributed by atoms with Crippen LogP contribution >= 0.6 is 0 Å². The quantitative estimate of drug-likeness (QED) is 0.596. The van der Waals surface area contributed by atoms with Crippen LogP contribution in [0.2, 0.25) is 0 Å². The van der Waals surface area contributed by atoms with Gasteiger partial charge in [0.1, 0.15) is 22.2 Å². The van der Waals surface area contributed by atoms with E-state index in [1.165, 1.54) is 0 Å². The van der Waals surface area contributed by atoms with Crippen molar-refractivity contribution in [1.29, 1.82) is 0 Å². The highest BCUT2D eigenvalue weighted by atomic mass is 16.4. The predicted molar refractivity (Wildman–Crippen MR) is 90.9 cm³/mol. The third-order valence-corrected chi connectivity index (χ3v) is 3.85. The zero-order valence-corrected chi connectivity index (χ0v) is 13.3. The van der Waals surface area contributed by atoms with E-state index < -0.39 is 5.97 Å². The highest BCUT2D eigenvalue weighted by Gasteiger charge is 2.21. The Morgan fingerprint density at radius 1 is 1.13 bits per heavy atom. The molecule has 2 aromatic carbocycles. The summed E-state index contributed by atoms with van der Waals surface area (Å²) < 4.78 is 6.41. The van der Waals surface area contributed by atoms with E-state index in [0.717, 1.165) is 5.69 Å². The van der Waals surface area contributed by atoms with Gasteiger partial charge < -0.3 is 9.52 Å². The third-order valence-electron chi connectivity index (χ3n) is 3.85. The first-order valence-electron chi connectivity index (χ1n) is 7.30. The number of hydrogen-bond acceptors (Lipinski definition) is 3. The Hall–Kier alpha value is -2.66. The van der Waals surface area contributed by atoms with E-state index >= 15 is 0 Å². The number of nitrogens with zero attached hydrogens (tertiary/aromatic N) is 1. The average Bonchev–Trinajstić information content (AvgIpc) is 2.46. The minimum atomic E-state index is -0.958. The highest BCUT2D eigenvalue weighted by molar-refractivity contribution is 5.97. The molecule has 0 aliphatic heterocycles. The topological polar surface area (TPSA) is 67.5 Å². The summed E-state index contributed by atoms with van der Waals surface area (Å²) >= 11 is 0. The van der Waals surface area contributed by atoms with Crippen LogP contribution in [-0.2, 0) is 11.2 Å². The lowest BCUT2D eigenvalue weighted by molar-refractivity contribution is -0.136. The van der Waals surface area contributed by atoms with Gasteiger partial charge in [0.25, 0.3) is 0 Å². The second kappa shape index (κ2) is 5.21. The van der Waals surface area contributed by atoms with E-state index in [2.05, 4.69) is 0 Å². The van der Waals surface area contributed by atoms with Gasteiger partial charge in [0.15, 0.2) is 0 Å². The highest BCUT2D eigenvalue weighted by Crippen LogP contribution is 2.29. The van der Waals surface area contributed by atoms with Crippen molar-refractivity contribution in [1.82, 2.24) is 4.48 Å². The molecular weight excluding hydrogens is 294 g/mol. The predicted octanol–water partition coefficient (Wildman–Crippen LogP) is 2.77. The summed E-state index contributed by atoms with van der Waals surface area (Å²) in [4.78, 5) is 24.0. The molecule has 0 fully saturated rings. The molecule has 3 aromatic rings. The monoisotopic (exact) mass is 312 g/mol. The molecule has 0 saturated carbocycles. The molecule has 3 rings (SSSR count). The molecule has 0 unspecified atom stereocenters. The zero-order chi connectivity index (χ0) is 16.8. The second-order valence-corrected chi connectivity index (χ2v) is 6.46. The molecule has 118 valence electrons. The normalized spacial score (nSPS) is 12.0. The maximum atomic E-state index is 13.0. The standard InChI is InChI=1S/C18H17NO4/c1-19(2,3)13-8-5-9-14-16(13)17(22)12-7-4-6-11(10-15(20)21)18(12)23-14/h4-9H,10H2,1-3H3/p+1. The van der Waals surface area contributed by atoms with Crippen LogP contribution in [0.4, 0.5) is 5.69 Å². The molecule has 1 N–H and O–H groups in total. The number of benzene rings is 2. The maximum absolute atomic E-state index is 13.0. The number of quaternary nitrogens is 1. The average molecular weight is 312 g/mol. The smallest absolute Gasteiger partial charge is 0.307 e. The van der Waals surface area contributed by atoms with E-state index in [9.17, 15) is 9.59 Å². The van der Waals surface area contributed by atoms with Crippen molar-refractivity contribution in [3.05, 3.63) is 52.2 Å². The van der Waals surface area contributed by atoms with Crippen LogP contribution in [-0.4, -0.2) is 32.2 Å². The van der Waals surface area contributed by atoms with Crippen molar-refractivity contribution in [2.45, 2.75) is 6.42 Å². The van der Waals surface area contributed by atoms with Crippen LogP contribution in [0.3, 0.4) is 0 Å². The lowest BCUT2D eigenvalue weighted by Gasteiger charge is -2.24. The van der Waals surface area contributed by atoms with Gasteiger partial charge in [0.05, 0.1) is 33.0 Å². The molecule has 1 aromatic heterocycles. The Kier molecular flexibility index (Phi) is 3.45. The molecule has 1 heterocycles. The van der Waals surface area contributed by atoms with Crippen molar-refractivity contribution in [3.63, 3.8) is 0 Å². The van der Waals surface area contributed by atoms with Gasteiger partial charge >= 0.3 is 5.97 Å². The van der Waals surface area contributed by atoms with Crippen LogP contribution in [0.15, 0.2) is 45.6 Å². The van der Waals surface area contributed by atoms with Crippen LogP contribution in [0, 0.1) is 0 Å². The summed E-state index contributed by atoms with van der Waals surface area (Å²) in [7, 11) is 5.96. The minimum Gasteiger partial charge on any atom is -0.481 e. The Bertz CT molecular complexity index is 980. The fraction of sp³-hybridized carbons (Fsp3) is 0.222. The van der Waals surface area contributed by atoms with Crippen molar-refractivity contribution in [2.24, 2.45) is 0 Å². The van der Waals surface area contributed by atoms with Gasteiger partial charge in [-0.15, -0.1) is 0 Å². The van der Waals surface area contributed by atoms with E-state index in [0.29, 0.717) is 32.0 Å². The molecule has 0 atom stereocenters. The molecule has 0 radical (unpaired) electrons. The fourth-order valence-corrected chi connectivity index (χ4v) is 2.82. The largest absolute Gasteiger partial charge is 0.481 e. The molecule has 23 heavy (non-hydrogen) atoms. The molecule has 0 aliphatic rings. The van der Waals surface area contributed by atoms with Gasteiger partial charge in [0.2, 0.25) is 5.43 Å². The van der Waals surface area contributed by atoms with Crippen molar-refractivity contribution < 1.29 is 14.3 Å². The first kappa shape index (κ1) is 15.2. The number of para-hydroxylation sites is 1. The van der Waals surface area contributed by atoms with Gasteiger partial charge in [-0.2, -0.15) is 0 Å². The van der Waals surface area contributed by atoms with Crippen LogP contribution < -0.4 is 9.91 Å². The fourth-order valence-electron chi connectivity index (χ4n) is 2.82. The van der Waals surface area contributed by atoms with E-state index in [-0.39, 0.29) is 11.8 Å². The number of carboxylic acid groups (broad SMARTS) is 1. The summed E-state index contributed by atoms with van der Waals surface area (Å²) in [5.41, 5.74) is 2.07. The molecule has 5 heteroatoms. The summed E-state index contributed by atoms with van der Waals surface area (Å²) in [5, 5.41) is 9.99. The third kappa shape index (κ3) is 2.59. The maximum Gasteiger partial charge on any atom is 0.307 e. The molecule has 0 amide bonds. The minimum absolute atomic E-state index is 0.128. The SMILES string of the molecule is C[N+](C)(C)c1cccc2oc3c(CC(=O)O)cccc3c(=O)c12. The zero-order valence-electron chi connectivity index (χ0n) is 13.3. The van der Waals surface area contributed by atoms with Gasteiger partial charge in [0, 0.05) is 11.6 Å². The van der Waals surface area contributed by atoms with Gasteiger partial charge in [-0.05, 0) is 12.1 Å². The number of carboxylic acids is 1. The van der Waals surface area contributed by atoms with E-state index in [1.54, 1.807) is 24.3 Å². The molecule has 0 saturated heterocycles. The summed E-state index contributed by atoms with van der Waals surface area (Å²) in [5.74, 6) is -0.958. The summed E-state index contributed by atoms with van der Waals surface area (Å²) in [6, 6.07) is 10.5. The molecule has 0 bridgehead atoms. The number of rotatable bonds is 3. The van der Waals surface area contributed by atoms with Gasteiger partial charge in [-0.1, -0.05) is 18.2 Å². The molecule has 0 aliphatic carbocycles. The Morgan fingerprint density at radius 2 is 1.83 bits per heavy atom. The van der Waals surface area contributed by atoms with Crippen molar-refractivity contribution in [3.8, 4) is 0 Å².